The molecule has 1 aromatic heterocycles. The van der Waals surface area contributed by atoms with Gasteiger partial charge in [-0.15, -0.1) is 0 Å². The van der Waals surface area contributed by atoms with Crippen LogP contribution in [-0.4, -0.2) is 67.4 Å². The SMILES string of the molecule is CC[C@@H]1C(=O)N(C)c2cnc(Nc3ccc(OCCOC4CCNCC4)cc3)nc2N1C1CCCC1. The smallest absolute Gasteiger partial charge is 0.249 e. The molecule has 1 amide bonds. The Labute approximate surface area is 213 Å². The molecule has 0 radical (unpaired) electrons. The molecule has 1 aromatic carbocycles. The van der Waals surface area contributed by atoms with E-state index in [4.69, 9.17) is 14.5 Å². The molecule has 9 heteroatoms. The Morgan fingerprint density at radius 3 is 2.56 bits per heavy atom. The third-order valence-electron chi connectivity index (χ3n) is 7.51. The summed E-state index contributed by atoms with van der Waals surface area (Å²) < 4.78 is 11.8. The second-order valence-electron chi connectivity index (χ2n) is 9.89. The number of amides is 1. The van der Waals surface area contributed by atoms with E-state index in [1.54, 1.807) is 11.1 Å². The molecular weight excluding hydrogens is 456 g/mol. The van der Waals surface area contributed by atoms with E-state index in [2.05, 4.69) is 27.4 Å². The summed E-state index contributed by atoms with van der Waals surface area (Å²) in [5.41, 5.74) is 1.66. The van der Waals surface area contributed by atoms with E-state index in [-0.39, 0.29) is 11.9 Å². The van der Waals surface area contributed by atoms with Gasteiger partial charge in [0.1, 0.15) is 24.1 Å². The van der Waals surface area contributed by atoms with Crippen LogP contribution in [-0.2, 0) is 9.53 Å². The van der Waals surface area contributed by atoms with Crippen molar-refractivity contribution in [2.75, 3.05) is 48.5 Å². The van der Waals surface area contributed by atoms with Crippen molar-refractivity contribution >= 4 is 29.0 Å². The van der Waals surface area contributed by atoms with Crippen LogP contribution in [0, 0.1) is 0 Å². The van der Waals surface area contributed by atoms with Crippen LogP contribution in [0.1, 0.15) is 51.9 Å². The fraction of sp³-hybridized carbons (Fsp3) is 0.593. The van der Waals surface area contributed by atoms with Crippen LogP contribution in [0.15, 0.2) is 30.5 Å². The van der Waals surface area contributed by atoms with Crippen LogP contribution < -0.4 is 25.2 Å². The molecule has 1 atom stereocenters. The van der Waals surface area contributed by atoms with Crippen molar-refractivity contribution in [2.24, 2.45) is 0 Å². The van der Waals surface area contributed by atoms with Gasteiger partial charge in [-0.3, -0.25) is 4.79 Å². The Kier molecular flexibility index (Phi) is 7.87. The summed E-state index contributed by atoms with van der Waals surface area (Å²) in [5.74, 6) is 2.30. The number of ether oxygens (including phenoxy) is 2. The molecule has 2 N–H and O–H groups in total. The summed E-state index contributed by atoms with van der Waals surface area (Å²) in [6, 6.07) is 7.98. The number of nitrogens with one attached hydrogen (secondary N) is 2. The Hall–Kier alpha value is -2.91. The second kappa shape index (κ2) is 11.4. The zero-order chi connectivity index (χ0) is 24.9. The van der Waals surface area contributed by atoms with Crippen molar-refractivity contribution in [3.05, 3.63) is 30.5 Å². The first-order valence-corrected chi connectivity index (χ1v) is 13.4. The topological polar surface area (TPSA) is 91.9 Å². The molecule has 0 spiro atoms. The number of piperidine rings is 1. The number of aromatic nitrogens is 2. The summed E-state index contributed by atoms with van der Waals surface area (Å²) in [6.07, 6.45) is 9.59. The number of hydrogen-bond donors (Lipinski definition) is 2. The maximum absolute atomic E-state index is 13.1. The third-order valence-corrected chi connectivity index (χ3v) is 7.51. The Bertz CT molecular complexity index is 1020. The minimum atomic E-state index is -0.177. The maximum Gasteiger partial charge on any atom is 0.249 e. The highest BCUT2D eigenvalue weighted by atomic mass is 16.5. The van der Waals surface area contributed by atoms with Crippen LogP contribution in [0.2, 0.25) is 0 Å². The Morgan fingerprint density at radius 1 is 1.08 bits per heavy atom. The van der Waals surface area contributed by atoms with Crippen LogP contribution in [0.3, 0.4) is 0 Å². The lowest BCUT2D eigenvalue weighted by molar-refractivity contribution is -0.120. The Morgan fingerprint density at radius 2 is 1.83 bits per heavy atom. The van der Waals surface area contributed by atoms with Gasteiger partial charge < -0.3 is 29.9 Å². The van der Waals surface area contributed by atoms with E-state index in [9.17, 15) is 4.79 Å². The zero-order valence-electron chi connectivity index (χ0n) is 21.4. The number of nitrogens with zero attached hydrogens (tertiary/aromatic N) is 4. The van der Waals surface area contributed by atoms with Crippen molar-refractivity contribution in [3.8, 4) is 5.75 Å². The van der Waals surface area contributed by atoms with Crippen LogP contribution >= 0.6 is 0 Å². The van der Waals surface area contributed by atoms with Gasteiger partial charge >= 0.3 is 0 Å². The van der Waals surface area contributed by atoms with Gasteiger partial charge in [0.2, 0.25) is 11.9 Å². The fourth-order valence-corrected chi connectivity index (χ4v) is 5.54. The lowest BCUT2D eigenvalue weighted by Crippen LogP contribution is -2.55. The summed E-state index contributed by atoms with van der Waals surface area (Å²) in [7, 11) is 1.82. The molecule has 2 fully saturated rings. The molecule has 1 saturated heterocycles. The predicted molar refractivity (Wildman–Crippen MR) is 141 cm³/mol. The normalized spacial score (nSPS) is 21.1. The molecule has 3 aliphatic rings. The van der Waals surface area contributed by atoms with Crippen molar-refractivity contribution in [1.29, 1.82) is 0 Å². The first kappa shape index (κ1) is 24.8. The van der Waals surface area contributed by atoms with Gasteiger partial charge in [0.05, 0.1) is 18.9 Å². The minimum Gasteiger partial charge on any atom is -0.491 e. The molecule has 0 unspecified atom stereocenters. The maximum atomic E-state index is 13.1. The molecule has 1 saturated carbocycles. The number of anilines is 4. The highest BCUT2D eigenvalue weighted by molar-refractivity contribution is 6.04. The van der Waals surface area contributed by atoms with Crippen LogP contribution in [0.4, 0.5) is 23.1 Å². The molecule has 194 valence electrons. The van der Waals surface area contributed by atoms with Gasteiger partial charge in [-0.05, 0) is 69.5 Å². The monoisotopic (exact) mass is 494 g/mol. The summed E-state index contributed by atoms with van der Waals surface area (Å²) in [4.78, 5) is 26.5. The van der Waals surface area contributed by atoms with Crippen molar-refractivity contribution < 1.29 is 14.3 Å². The van der Waals surface area contributed by atoms with E-state index in [0.717, 1.165) is 68.1 Å². The number of likely N-dealkylation sites (N-methyl/N-ethyl adjacent to an activating group) is 1. The average molecular weight is 495 g/mol. The molecular formula is C27H38N6O3. The summed E-state index contributed by atoms with van der Waals surface area (Å²) in [5, 5.41) is 6.67. The highest BCUT2D eigenvalue weighted by Gasteiger charge is 2.41. The van der Waals surface area contributed by atoms with Gasteiger partial charge in [-0.25, -0.2) is 4.98 Å². The van der Waals surface area contributed by atoms with Gasteiger partial charge in [0.15, 0.2) is 5.82 Å². The molecule has 0 bridgehead atoms. The molecule has 3 heterocycles. The number of carbonyl (C=O) groups excluding carboxylic acids is 1. The van der Waals surface area contributed by atoms with E-state index in [1.807, 2.05) is 31.3 Å². The van der Waals surface area contributed by atoms with Gasteiger partial charge in [-0.1, -0.05) is 19.8 Å². The predicted octanol–water partition coefficient (Wildman–Crippen LogP) is 3.87. The number of benzene rings is 1. The third kappa shape index (κ3) is 5.42. The molecule has 2 aromatic rings. The van der Waals surface area contributed by atoms with Gasteiger partial charge in [0.25, 0.3) is 0 Å². The first-order valence-electron chi connectivity index (χ1n) is 13.4. The van der Waals surface area contributed by atoms with Crippen molar-refractivity contribution in [2.45, 2.75) is 70.1 Å². The largest absolute Gasteiger partial charge is 0.491 e. The minimum absolute atomic E-state index is 0.123. The van der Waals surface area contributed by atoms with Crippen molar-refractivity contribution in [1.82, 2.24) is 15.3 Å². The van der Waals surface area contributed by atoms with E-state index < -0.39 is 0 Å². The average Bonchev–Trinajstić information content (AvgIpc) is 3.44. The second-order valence-corrected chi connectivity index (χ2v) is 9.89. The first-order chi connectivity index (χ1) is 17.6. The lowest BCUT2D eigenvalue weighted by atomic mass is 10.0. The number of fused-ring (bicyclic) bond motifs is 1. The molecule has 2 aliphatic heterocycles. The van der Waals surface area contributed by atoms with E-state index in [1.165, 1.54) is 12.8 Å². The number of hydrogen-bond acceptors (Lipinski definition) is 8. The number of rotatable bonds is 9. The van der Waals surface area contributed by atoms with Crippen LogP contribution in [0.5, 0.6) is 5.75 Å². The number of carbonyl (C=O) groups is 1. The van der Waals surface area contributed by atoms with Crippen LogP contribution in [0.25, 0.3) is 0 Å². The molecule has 9 nitrogen and oxygen atoms in total. The molecule has 36 heavy (non-hydrogen) atoms. The van der Waals surface area contributed by atoms with E-state index >= 15 is 0 Å². The van der Waals surface area contributed by atoms with Crippen molar-refractivity contribution in [3.63, 3.8) is 0 Å². The van der Waals surface area contributed by atoms with Gasteiger partial charge in [0, 0.05) is 18.8 Å². The lowest BCUT2D eigenvalue weighted by Gasteiger charge is -2.43. The quantitative estimate of drug-likeness (QED) is 0.508. The highest BCUT2D eigenvalue weighted by Crippen LogP contribution is 2.40. The van der Waals surface area contributed by atoms with Gasteiger partial charge in [-0.2, -0.15) is 4.98 Å². The fourth-order valence-electron chi connectivity index (χ4n) is 5.54. The summed E-state index contributed by atoms with van der Waals surface area (Å²) in [6.45, 7) is 5.27. The standard InChI is InChI=1S/C27H38N6O3/c1-3-23-26(34)32(2)24-18-29-27(31-25(24)33(23)20-6-4-5-7-20)30-19-8-10-21(11-9-19)35-16-17-36-22-12-14-28-15-13-22/h8-11,18,20,22-23,28H,3-7,12-17H2,1-2H3,(H,29,30,31)/t23-/m1/s1. The zero-order valence-corrected chi connectivity index (χ0v) is 21.4. The molecule has 5 rings (SSSR count). The Balaban J connectivity index is 1.23. The van der Waals surface area contributed by atoms with E-state index in [0.29, 0.717) is 31.3 Å². The summed E-state index contributed by atoms with van der Waals surface area (Å²) >= 11 is 0. The molecule has 1 aliphatic carbocycles.